The van der Waals surface area contributed by atoms with Crippen LogP contribution >= 0.6 is 0 Å². The molecule has 4 amide bonds. The highest BCUT2D eigenvalue weighted by atomic mass is 16.2. The Balaban J connectivity index is 0.960. The number of amides is 4. The molecular weight excluding hydrogens is 1060 g/mol. The van der Waals surface area contributed by atoms with E-state index in [1.807, 2.05) is 151 Å². The predicted molar refractivity (Wildman–Crippen MR) is 348 cm³/mol. The fourth-order valence-corrected chi connectivity index (χ4v) is 12.4. The average Bonchev–Trinajstić information content (AvgIpc) is 1.57. The molecule has 7 aromatic carbocycles. The van der Waals surface area contributed by atoms with Crippen LogP contribution in [-0.2, 0) is 67.0 Å². The monoisotopic (exact) mass is 1140 g/mol. The molecule has 4 heterocycles. The predicted octanol–water partition coefficient (Wildman–Crippen LogP) is 15.9. The zero-order valence-corrected chi connectivity index (χ0v) is 53.3. The van der Waals surface area contributed by atoms with Gasteiger partial charge in [0.15, 0.2) is 12.5 Å². The molecule has 7 aromatic rings. The Morgan fingerprint density at radius 2 is 0.674 bits per heavy atom. The number of hydrogen-bond acceptors (Lipinski definition) is 4. The van der Waals surface area contributed by atoms with Gasteiger partial charge in [0.25, 0.3) is 11.8 Å². The Hall–Kier alpha value is -8.49. The zero-order valence-electron chi connectivity index (χ0n) is 53.3. The summed E-state index contributed by atoms with van der Waals surface area (Å²) in [7, 11) is 0. The van der Waals surface area contributed by atoms with Crippen molar-refractivity contribution in [3.63, 3.8) is 0 Å². The van der Waals surface area contributed by atoms with Crippen LogP contribution in [0.4, 0.5) is 0 Å². The minimum Gasteiger partial charge on any atom is -0.306 e. The van der Waals surface area contributed by atoms with Gasteiger partial charge in [-0.15, -0.1) is 0 Å². The van der Waals surface area contributed by atoms with E-state index in [1.54, 1.807) is 4.90 Å². The van der Waals surface area contributed by atoms with Crippen LogP contribution in [0.25, 0.3) is 17.1 Å². The van der Waals surface area contributed by atoms with Crippen LogP contribution in [0.2, 0.25) is 0 Å². The molecule has 1 atom stereocenters. The third kappa shape index (κ3) is 11.2. The van der Waals surface area contributed by atoms with E-state index in [-0.39, 0.29) is 58.4 Å². The van der Waals surface area contributed by atoms with Gasteiger partial charge in [-0.3, -0.25) is 14.4 Å². The molecule has 4 aliphatic rings. The Bertz CT molecular complexity index is 3980. The highest BCUT2D eigenvalue weighted by Gasteiger charge is 2.58. The molecule has 1 unspecified atom stereocenters. The highest BCUT2D eigenvalue weighted by Crippen LogP contribution is 2.49. The summed E-state index contributed by atoms with van der Waals surface area (Å²) in [6, 6.07) is 54.0. The van der Waals surface area contributed by atoms with Crippen LogP contribution in [0.3, 0.4) is 0 Å². The molecule has 0 fully saturated rings. The number of nitrogens with zero attached hydrogens (tertiary/aromatic N) is 4. The lowest BCUT2D eigenvalue weighted by Crippen LogP contribution is -2.34. The zero-order chi connectivity index (χ0) is 61.7. The normalized spacial score (nSPS) is 16.7. The van der Waals surface area contributed by atoms with Crippen molar-refractivity contribution in [2.45, 2.75) is 159 Å². The summed E-state index contributed by atoms with van der Waals surface area (Å²) in [4.78, 5) is 67.8. The van der Waals surface area contributed by atoms with E-state index < -0.39 is 5.92 Å². The topological polar surface area (TPSA) is 81.0 Å². The number of hydrogen-bond donors (Lipinski definition) is 0. The quantitative estimate of drug-likeness (QED) is 0.114. The third-order valence-corrected chi connectivity index (χ3v) is 17.7. The van der Waals surface area contributed by atoms with E-state index >= 15 is 19.2 Å². The van der Waals surface area contributed by atoms with E-state index in [0.29, 0.717) is 52.6 Å². The first kappa shape index (κ1) is 59.2. The second-order valence-electron chi connectivity index (χ2n) is 28.7. The van der Waals surface area contributed by atoms with Gasteiger partial charge in [0.2, 0.25) is 11.6 Å². The fourth-order valence-electron chi connectivity index (χ4n) is 12.4. The fraction of sp³-hybridized carbons (Fsp3) is 0.321. The molecule has 0 radical (unpaired) electrons. The number of benzene rings is 7. The third-order valence-electron chi connectivity index (χ3n) is 17.7. The smallest absolute Gasteiger partial charge is 0.306 e. The number of rotatable bonds is 12. The van der Waals surface area contributed by atoms with Crippen molar-refractivity contribution in [3.05, 3.63) is 263 Å². The molecule has 8 nitrogen and oxygen atoms in total. The van der Waals surface area contributed by atoms with Gasteiger partial charge in [0.05, 0.1) is 47.9 Å². The lowest BCUT2D eigenvalue weighted by atomic mass is 9.79. The maximum Gasteiger partial charge on any atom is 0.419 e. The Labute approximate surface area is 510 Å². The summed E-state index contributed by atoms with van der Waals surface area (Å²) in [5, 5.41) is 0. The first-order valence-corrected chi connectivity index (χ1v) is 30.5. The molecule has 438 valence electrons. The Morgan fingerprint density at radius 1 is 0.360 bits per heavy atom. The minimum atomic E-state index is -0.824. The van der Waals surface area contributed by atoms with Gasteiger partial charge in [0.1, 0.15) is 5.57 Å². The standard InChI is InChI=1S/C78H83N4O4/c1-47-17-29-55(30-18-47)67-63-65(69(57-33-21-49(3)22-34-57)81(73(63)85)45-53-37-59(75(5,6)7)41-60(38-53)76(8,9)10)71(83)79(67)43-51-25-27-52(28-26-51)44-80-68(56-31-19-48(2)20-32-56)64-66(72(80)84)70(58-35-23-50(4)24-36-58)82(74(64)86)46-54-39-61(77(11,12)13)42-62(40-54)78(14,15)16/h17-42,65H,43-46H2,1-16H3/q+1. The summed E-state index contributed by atoms with van der Waals surface area (Å²) in [5.74, 6) is -1.58. The van der Waals surface area contributed by atoms with Crippen molar-refractivity contribution < 1.29 is 23.8 Å². The first-order valence-electron chi connectivity index (χ1n) is 30.5. The number of fused-ring (bicyclic) bond motifs is 2. The van der Waals surface area contributed by atoms with E-state index in [1.165, 1.54) is 22.3 Å². The van der Waals surface area contributed by atoms with Crippen LogP contribution in [-0.4, -0.2) is 48.6 Å². The van der Waals surface area contributed by atoms with Crippen molar-refractivity contribution in [1.82, 2.24) is 14.7 Å². The molecule has 0 saturated heterocycles. The summed E-state index contributed by atoms with van der Waals surface area (Å²) < 4.78 is 1.87. The molecule has 0 bridgehead atoms. The van der Waals surface area contributed by atoms with E-state index in [2.05, 4.69) is 132 Å². The van der Waals surface area contributed by atoms with Gasteiger partial charge in [-0.2, -0.15) is 4.58 Å². The molecule has 11 rings (SSSR count). The van der Waals surface area contributed by atoms with Crippen molar-refractivity contribution in [2.75, 3.05) is 0 Å². The molecule has 0 saturated carbocycles. The minimum absolute atomic E-state index is 0.127. The largest absolute Gasteiger partial charge is 0.419 e. The van der Waals surface area contributed by atoms with Crippen LogP contribution in [0, 0.1) is 33.6 Å². The van der Waals surface area contributed by atoms with Gasteiger partial charge < -0.3 is 14.7 Å². The van der Waals surface area contributed by atoms with Crippen LogP contribution in [0.15, 0.2) is 174 Å². The van der Waals surface area contributed by atoms with Gasteiger partial charge >= 0.3 is 5.91 Å². The highest BCUT2D eigenvalue weighted by molar-refractivity contribution is 6.30. The Kier molecular flexibility index (Phi) is 15.0. The molecule has 8 heteroatoms. The van der Waals surface area contributed by atoms with Crippen LogP contribution in [0.1, 0.15) is 172 Å². The van der Waals surface area contributed by atoms with Gasteiger partial charge in [-0.25, -0.2) is 4.79 Å². The summed E-state index contributed by atoms with van der Waals surface area (Å²) in [6.07, 6.45) is 0. The van der Waals surface area contributed by atoms with Crippen molar-refractivity contribution in [1.29, 1.82) is 0 Å². The lowest BCUT2D eigenvalue weighted by molar-refractivity contribution is -0.456. The van der Waals surface area contributed by atoms with E-state index in [9.17, 15) is 0 Å². The van der Waals surface area contributed by atoms with Gasteiger partial charge in [-0.05, 0) is 129 Å². The molecule has 0 N–H and O–H groups in total. The maximum absolute atomic E-state index is 15.6. The van der Waals surface area contributed by atoms with E-state index in [4.69, 9.17) is 0 Å². The number of aryl methyl sites for hydroxylation is 4. The van der Waals surface area contributed by atoms with Crippen molar-refractivity contribution >= 4 is 46.4 Å². The van der Waals surface area contributed by atoms with Gasteiger partial charge in [0, 0.05) is 11.1 Å². The molecule has 86 heavy (non-hydrogen) atoms. The molecule has 0 spiro atoms. The Morgan fingerprint density at radius 3 is 1.03 bits per heavy atom. The molecular formula is C78H83N4O4+. The maximum atomic E-state index is 15.6. The van der Waals surface area contributed by atoms with Crippen LogP contribution in [0.5, 0.6) is 0 Å². The lowest BCUT2D eigenvalue weighted by Gasteiger charge is -2.29. The first-order chi connectivity index (χ1) is 40.4. The summed E-state index contributed by atoms with van der Waals surface area (Å²) >= 11 is 0. The molecule has 4 aliphatic heterocycles. The summed E-state index contributed by atoms with van der Waals surface area (Å²) in [5.41, 5.74) is 19.4. The summed E-state index contributed by atoms with van der Waals surface area (Å²) in [6.45, 7) is 35.8. The SMILES string of the molecule is Cc1ccc(C2=C3C(=O)N(Cc4cc(C(C)(C)C)cc(C(C)(C)C)c4)C(c4ccc(C)cc4)=C3C(=O)N2Cc2ccc(CN3C(=O)C4C(=C3c3ccc(C)cc3)C(=O)[N+](Cc3cc(C(C)(C)C)cc(C(C)(C)C)c3)=C4c3ccc(C)cc3)cc2)cc1. The second-order valence-corrected chi connectivity index (χ2v) is 28.7. The number of carbonyl (C=O) groups excluding carboxylic acids is 4. The van der Waals surface area contributed by atoms with Gasteiger partial charge in [-0.1, -0.05) is 239 Å². The van der Waals surface area contributed by atoms with Crippen LogP contribution < -0.4 is 0 Å². The number of carbonyl (C=O) groups is 4. The second kappa shape index (κ2) is 21.8. The molecule has 0 aliphatic carbocycles. The van der Waals surface area contributed by atoms with Crippen molar-refractivity contribution in [3.8, 4) is 0 Å². The molecule has 0 aromatic heterocycles. The van der Waals surface area contributed by atoms with Crippen molar-refractivity contribution in [2.24, 2.45) is 5.92 Å². The average molecular weight is 1140 g/mol. The van der Waals surface area contributed by atoms with E-state index in [0.717, 1.165) is 66.8 Å².